The molecule has 2 aromatic carbocycles. The van der Waals surface area contributed by atoms with Crippen molar-refractivity contribution >= 4 is 28.9 Å². The Labute approximate surface area is 145 Å². The molecule has 7 heteroatoms. The zero-order valence-electron chi connectivity index (χ0n) is 13.4. The molecule has 0 heterocycles. The van der Waals surface area contributed by atoms with Crippen LogP contribution in [0.5, 0.6) is 0 Å². The fourth-order valence-corrected chi connectivity index (χ4v) is 2.61. The zero-order chi connectivity index (χ0) is 17.7. The van der Waals surface area contributed by atoms with E-state index < -0.39 is 4.92 Å². The van der Waals surface area contributed by atoms with Crippen molar-refractivity contribution in [1.82, 2.24) is 5.32 Å². The molecule has 2 aromatic rings. The van der Waals surface area contributed by atoms with Crippen molar-refractivity contribution in [3.8, 4) is 0 Å². The maximum Gasteiger partial charge on any atom is 0.271 e. The third-order valence-electron chi connectivity index (χ3n) is 3.51. The quantitative estimate of drug-likeness (QED) is 0.612. The van der Waals surface area contributed by atoms with Crippen LogP contribution in [0, 0.1) is 17.0 Å². The average Bonchev–Trinajstić information content (AvgIpc) is 2.54. The number of nitro benzene ring substituents is 1. The standard InChI is InChI=1S/C17H18ClN3O3/c1-3-19-17(22)13-6-4-12(5-7-13)10-20-16-11(2)8-14(21(23)24)9-15(16)18/h4-9,20H,3,10H2,1-2H3,(H,19,22). The van der Waals surface area contributed by atoms with Crippen molar-refractivity contribution in [1.29, 1.82) is 0 Å². The second-order valence-electron chi connectivity index (χ2n) is 5.29. The molecule has 0 radical (unpaired) electrons. The molecule has 126 valence electrons. The first kappa shape index (κ1) is 17.7. The van der Waals surface area contributed by atoms with Crippen molar-refractivity contribution in [2.75, 3.05) is 11.9 Å². The van der Waals surface area contributed by atoms with Gasteiger partial charge in [-0.25, -0.2) is 0 Å². The third-order valence-corrected chi connectivity index (χ3v) is 3.80. The molecule has 1 amide bonds. The van der Waals surface area contributed by atoms with Crippen LogP contribution in [-0.2, 0) is 6.54 Å². The summed E-state index contributed by atoms with van der Waals surface area (Å²) in [6.07, 6.45) is 0. The van der Waals surface area contributed by atoms with Crippen LogP contribution in [0.15, 0.2) is 36.4 Å². The number of nitrogens with zero attached hydrogens (tertiary/aromatic N) is 1. The van der Waals surface area contributed by atoms with Gasteiger partial charge >= 0.3 is 0 Å². The predicted octanol–water partition coefficient (Wildman–Crippen LogP) is 3.92. The number of benzene rings is 2. The van der Waals surface area contributed by atoms with E-state index in [9.17, 15) is 14.9 Å². The fraction of sp³-hybridized carbons (Fsp3) is 0.235. The first-order chi connectivity index (χ1) is 11.4. The largest absolute Gasteiger partial charge is 0.380 e. The van der Waals surface area contributed by atoms with Gasteiger partial charge in [0.1, 0.15) is 0 Å². The van der Waals surface area contributed by atoms with Crippen molar-refractivity contribution in [2.45, 2.75) is 20.4 Å². The number of nitrogens with one attached hydrogen (secondary N) is 2. The van der Waals surface area contributed by atoms with E-state index in [1.165, 1.54) is 12.1 Å². The zero-order valence-corrected chi connectivity index (χ0v) is 14.2. The van der Waals surface area contributed by atoms with Crippen LogP contribution in [0.25, 0.3) is 0 Å². The Morgan fingerprint density at radius 2 is 1.92 bits per heavy atom. The van der Waals surface area contributed by atoms with Gasteiger partial charge in [-0.3, -0.25) is 14.9 Å². The van der Waals surface area contributed by atoms with Crippen LogP contribution in [0.4, 0.5) is 11.4 Å². The monoisotopic (exact) mass is 347 g/mol. The summed E-state index contributed by atoms with van der Waals surface area (Å²) >= 11 is 6.13. The Morgan fingerprint density at radius 3 is 2.46 bits per heavy atom. The molecule has 2 rings (SSSR count). The number of rotatable bonds is 6. The Bertz CT molecular complexity index is 737. The molecular formula is C17H18ClN3O3. The highest BCUT2D eigenvalue weighted by Gasteiger charge is 2.13. The molecule has 24 heavy (non-hydrogen) atoms. The molecule has 0 aliphatic heterocycles. The molecule has 0 aromatic heterocycles. The Balaban J connectivity index is 2.08. The number of carbonyl (C=O) groups is 1. The highest BCUT2D eigenvalue weighted by Crippen LogP contribution is 2.31. The molecule has 0 bridgehead atoms. The summed E-state index contributed by atoms with van der Waals surface area (Å²) in [6, 6.07) is 10.0. The molecule has 6 nitrogen and oxygen atoms in total. The summed E-state index contributed by atoms with van der Waals surface area (Å²) in [5.41, 5.74) is 2.90. The predicted molar refractivity (Wildman–Crippen MR) is 94.6 cm³/mol. The second-order valence-corrected chi connectivity index (χ2v) is 5.69. The van der Waals surface area contributed by atoms with E-state index in [-0.39, 0.29) is 11.6 Å². The van der Waals surface area contributed by atoms with E-state index >= 15 is 0 Å². The fourth-order valence-electron chi connectivity index (χ4n) is 2.28. The number of aryl methyl sites for hydroxylation is 1. The van der Waals surface area contributed by atoms with Crippen molar-refractivity contribution in [2.24, 2.45) is 0 Å². The number of non-ortho nitro benzene ring substituents is 1. The van der Waals surface area contributed by atoms with E-state index in [1.54, 1.807) is 19.1 Å². The molecule has 0 atom stereocenters. The highest BCUT2D eigenvalue weighted by molar-refractivity contribution is 6.33. The van der Waals surface area contributed by atoms with Gasteiger partial charge < -0.3 is 10.6 Å². The molecule has 0 fully saturated rings. The van der Waals surface area contributed by atoms with Gasteiger partial charge in [0.2, 0.25) is 0 Å². The van der Waals surface area contributed by atoms with Crippen molar-refractivity contribution < 1.29 is 9.72 Å². The Hall–Kier alpha value is -2.60. The number of hydrogen-bond acceptors (Lipinski definition) is 4. The highest BCUT2D eigenvalue weighted by atomic mass is 35.5. The second kappa shape index (κ2) is 7.79. The van der Waals surface area contributed by atoms with Gasteiger partial charge in [-0.15, -0.1) is 0 Å². The normalized spacial score (nSPS) is 10.3. The van der Waals surface area contributed by atoms with Crippen LogP contribution in [0.3, 0.4) is 0 Å². The topological polar surface area (TPSA) is 84.3 Å². The molecule has 0 saturated carbocycles. The maximum atomic E-state index is 11.7. The number of nitro groups is 1. The summed E-state index contributed by atoms with van der Waals surface area (Å²) in [4.78, 5) is 22.1. The van der Waals surface area contributed by atoms with Crippen molar-refractivity contribution in [3.63, 3.8) is 0 Å². The van der Waals surface area contributed by atoms with Crippen LogP contribution in [0.1, 0.15) is 28.4 Å². The summed E-state index contributed by atoms with van der Waals surface area (Å²) in [5.74, 6) is -0.105. The van der Waals surface area contributed by atoms with Gasteiger partial charge in [-0.05, 0) is 37.1 Å². The minimum Gasteiger partial charge on any atom is -0.380 e. The summed E-state index contributed by atoms with van der Waals surface area (Å²) in [7, 11) is 0. The van der Waals surface area contributed by atoms with Gasteiger partial charge in [-0.1, -0.05) is 23.7 Å². The first-order valence-corrected chi connectivity index (χ1v) is 7.85. The minimum absolute atomic E-state index is 0.0330. The number of carbonyl (C=O) groups excluding carboxylic acids is 1. The molecule has 0 aliphatic rings. The molecule has 2 N–H and O–H groups in total. The van der Waals surface area contributed by atoms with Gasteiger partial charge in [0.15, 0.2) is 0 Å². The smallest absolute Gasteiger partial charge is 0.271 e. The number of amides is 1. The molecule has 0 spiro atoms. The lowest BCUT2D eigenvalue weighted by atomic mass is 10.1. The lowest BCUT2D eigenvalue weighted by Gasteiger charge is -2.12. The third kappa shape index (κ3) is 4.23. The lowest BCUT2D eigenvalue weighted by molar-refractivity contribution is -0.384. The first-order valence-electron chi connectivity index (χ1n) is 7.48. The molecule has 0 aliphatic carbocycles. The number of anilines is 1. The van der Waals surface area contributed by atoms with Crippen molar-refractivity contribution in [3.05, 3.63) is 68.2 Å². The SMILES string of the molecule is CCNC(=O)c1ccc(CNc2c(C)cc([N+](=O)[O-])cc2Cl)cc1. The van der Waals surface area contributed by atoms with E-state index in [1.807, 2.05) is 19.1 Å². The number of halogens is 1. The van der Waals surface area contributed by atoms with Gasteiger partial charge in [0.05, 0.1) is 15.6 Å². The number of hydrogen-bond donors (Lipinski definition) is 2. The summed E-state index contributed by atoms with van der Waals surface area (Å²) < 4.78 is 0. The average molecular weight is 348 g/mol. The van der Waals surface area contributed by atoms with Crippen LogP contribution in [0.2, 0.25) is 5.02 Å². The Morgan fingerprint density at radius 1 is 1.25 bits per heavy atom. The lowest BCUT2D eigenvalue weighted by Crippen LogP contribution is -2.22. The van der Waals surface area contributed by atoms with E-state index in [0.29, 0.717) is 34.9 Å². The molecule has 0 unspecified atom stereocenters. The van der Waals surface area contributed by atoms with Gasteiger partial charge in [-0.2, -0.15) is 0 Å². The van der Waals surface area contributed by atoms with Crippen LogP contribution in [-0.4, -0.2) is 17.4 Å². The summed E-state index contributed by atoms with van der Waals surface area (Å²) in [6.45, 7) is 4.71. The van der Waals surface area contributed by atoms with Crippen LogP contribution < -0.4 is 10.6 Å². The maximum absolute atomic E-state index is 11.7. The summed E-state index contributed by atoms with van der Waals surface area (Å²) in [5, 5.41) is 17.1. The van der Waals surface area contributed by atoms with E-state index in [0.717, 1.165) is 5.56 Å². The molecular weight excluding hydrogens is 330 g/mol. The Kier molecular flexibility index (Phi) is 5.76. The van der Waals surface area contributed by atoms with E-state index in [4.69, 9.17) is 11.6 Å². The van der Waals surface area contributed by atoms with Gasteiger partial charge in [0, 0.05) is 30.8 Å². The van der Waals surface area contributed by atoms with Gasteiger partial charge in [0.25, 0.3) is 11.6 Å². The van der Waals surface area contributed by atoms with Crippen LogP contribution >= 0.6 is 11.6 Å². The minimum atomic E-state index is -0.470. The molecule has 0 saturated heterocycles. The van der Waals surface area contributed by atoms with E-state index in [2.05, 4.69) is 10.6 Å².